The average Bonchev–Trinajstić information content (AvgIpc) is 3.03. The molecule has 0 saturated heterocycles. The molecule has 0 aliphatic heterocycles. The Labute approximate surface area is 139 Å². The van der Waals surface area contributed by atoms with Gasteiger partial charge in [-0.25, -0.2) is 0 Å². The van der Waals surface area contributed by atoms with Crippen molar-refractivity contribution in [3.8, 4) is 5.75 Å². The number of methoxy groups -OCH3 is 1. The molecule has 0 radical (unpaired) electrons. The van der Waals surface area contributed by atoms with Gasteiger partial charge in [-0.1, -0.05) is 0 Å². The Balaban J connectivity index is 2.14. The predicted molar refractivity (Wildman–Crippen MR) is 91.2 cm³/mol. The average molecular weight is 325 g/mol. The molecule has 1 aromatic carbocycles. The number of aryl methyl sites for hydroxylation is 2. The fourth-order valence-electron chi connectivity index (χ4n) is 3.16. The molecule has 0 saturated carbocycles. The molecule has 5 nitrogen and oxygen atoms in total. The van der Waals surface area contributed by atoms with E-state index in [-0.39, 0.29) is 17.3 Å². The number of rotatable bonds is 4. The fourth-order valence-corrected chi connectivity index (χ4v) is 3.16. The number of aromatic amines is 1. The number of carbonyl (C=O) groups excluding carboxylic acids is 2. The van der Waals surface area contributed by atoms with Crippen LogP contribution in [-0.2, 0) is 0 Å². The number of hydrogen-bond donors (Lipinski definition) is 1. The number of furan rings is 1. The summed E-state index contributed by atoms with van der Waals surface area (Å²) in [5.41, 5.74) is 3.69. The van der Waals surface area contributed by atoms with Crippen LogP contribution in [0.4, 0.5) is 0 Å². The number of aromatic nitrogens is 1. The molecule has 0 fully saturated rings. The Bertz CT molecular complexity index is 975. The largest absolute Gasteiger partial charge is 0.497 e. The molecule has 2 heterocycles. The lowest BCUT2D eigenvalue weighted by molar-refractivity contribution is 0.100. The van der Waals surface area contributed by atoms with Crippen molar-refractivity contribution >= 4 is 22.5 Å². The van der Waals surface area contributed by atoms with Crippen LogP contribution in [-0.4, -0.2) is 23.7 Å². The van der Waals surface area contributed by atoms with E-state index in [9.17, 15) is 9.59 Å². The molecule has 0 bridgehead atoms. The summed E-state index contributed by atoms with van der Waals surface area (Å²) in [6.07, 6.45) is 0. The van der Waals surface area contributed by atoms with E-state index in [1.165, 1.54) is 6.92 Å². The lowest BCUT2D eigenvalue weighted by atomic mass is 10.0. The van der Waals surface area contributed by atoms with Crippen molar-refractivity contribution in [2.45, 2.75) is 27.7 Å². The number of hydrogen-bond acceptors (Lipinski definition) is 4. The van der Waals surface area contributed by atoms with E-state index < -0.39 is 0 Å². The third-order valence-electron chi connectivity index (χ3n) is 4.37. The summed E-state index contributed by atoms with van der Waals surface area (Å²) < 4.78 is 11.0. The Morgan fingerprint density at radius 3 is 2.42 bits per heavy atom. The van der Waals surface area contributed by atoms with Crippen molar-refractivity contribution in [2.75, 3.05) is 7.11 Å². The molecule has 0 spiro atoms. The van der Waals surface area contributed by atoms with Crippen LogP contribution in [0.2, 0.25) is 0 Å². The molecule has 2 aromatic heterocycles. The highest BCUT2D eigenvalue weighted by Crippen LogP contribution is 2.31. The zero-order valence-corrected chi connectivity index (χ0v) is 14.4. The maximum absolute atomic E-state index is 12.9. The summed E-state index contributed by atoms with van der Waals surface area (Å²) in [5, 5.41) is 0.838. The second-order valence-electron chi connectivity index (χ2n) is 5.93. The third kappa shape index (κ3) is 2.33. The van der Waals surface area contributed by atoms with Crippen molar-refractivity contribution in [3.63, 3.8) is 0 Å². The molecule has 0 aliphatic carbocycles. The molecule has 3 aromatic rings. The van der Waals surface area contributed by atoms with Gasteiger partial charge in [-0.3, -0.25) is 9.59 Å². The molecule has 24 heavy (non-hydrogen) atoms. The highest BCUT2D eigenvalue weighted by molar-refractivity contribution is 6.12. The van der Waals surface area contributed by atoms with Gasteiger partial charge in [0.25, 0.3) is 0 Å². The second kappa shape index (κ2) is 5.67. The Kier molecular flexibility index (Phi) is 3.79. The van der Waals surface area contributed by atoms with E-state index >= 15 is 0 Å². The van der Waals surface area contributed by atoms with Gasteiger partial charge in [0, 0.05) is 22.2 Å². The van der Waals surface area contributed by atoms with Gasteiger partial charge in [0.1, 0.15) is 11.3 Å². The molecule has 0 atom stereocenters. The molecule has 0 aliphatic rings. The van der Waals surface area contributed by atoms with Crippen LogP contribution < -0.4 is 4.74 Å². The summed E-state index contributed by atoms with van der Waals surface area (Å²) in [7, 11) is 1.59. The van der Waals surface area contributed by atoms with E-state index in [1.54, 1.807) is 33.1 Å². The van der Waals surface area contributed by atoms with E-state index in [2.05, 4.69) is 4.98 Å². The molecule has 0 unspecified atom stereocenters. The van der Waals surface area contributed by atoms with Crippen molar-refractivity contribution in [3.05, 3.63) is 52.0 Å². The molecular weight excluding hydrogens is 306 g/mol. The van der Waals surface area contributed by atoms with Gasteiger partial charge in [0.15, 0.2) is 11.5 Å². The first kappa shape index (κ1) is 16.1. The van der Waals surface area contributed by atoms with Crippen LogP contribution in [0, 0.1) is 20.8 Å². The molecule has 1 N–H and O–H groups in total. The van der Waals surface area contributed by atoms with Crippen LogP contribution in [0.15, 0.2) is 22.6 Å². The third-order valence-corrected chi connectivity index (χ3v) is 4.37. The molecule has 3 rings (SSSR count). The van der Waals surface area contributed by atoms with Gasteiger partial charge in [0.05, 0.1) is 12.8 Å². The van der Waals surface area contributed by atoms with Gasteiger partial charge in [-0.15, -0.1) is 0 Å². The number of H-pyrrole nitrogens is 1. The zero-order valence-electron chi connectivity index (χ0n) is 14.4. The number of ketones is 2. The Hall–Kier alpha value is -2.82. The first-order valence-corrected chi connectivity index (χ1v) is 7.67. The first-order chi connectivity index (χ1) is 11.3. The summed E-state index contributed by atoms with van der Waals surface area (Å²) >= 11 is 0. The van der Waals surface area contributed by atoms with Crippen LogP contribution in [0.1, 0.15) is 50.4 Å². The monoisotopic (exact) mass is 325 g/mol. The Morgan fingerprint density at radius 1 is 1.12 bits per heavy atom. The lowest BCUT2D eigenvalue weighted by Crippen LogP contribution is -2.04. The highest BCUT2D eigenvalue weighted by atomic mass is 16.5. The van der Waals surface area contributed by atoms with Gasteiger partial charge in [-0.2, -0.15) is 0 Å². The first-order valence-electron chi connectivity index (χ1n) is 7.67. The van der Waals surface area contributed by atoms with Crippen molar-refractivity contribution in [1.82, 2.24) is 4.98 Å². The maximum atomic E-state index is 12.9. The minimum Gasteiger partial charge on any atom is -0.497 e. The van der Waals surface area contributed by atoms with E-state index in [1.807, 2.05) is 13.0 Å². The highest BCUT2D eigenvalue weighted by Gasteiger charge is 2.25. The summed E-state index contributed by atoms with van der Waals surface area (Å²) in [4.78, 5) is 27.7. The van der Waals surface area contributed by atoms with Gasteiger partial charge in [-0.05, 0) is 51.5 Å². The van der Waals surface area contributed by atoms with E-state index in [0.29, 0.717) is 33.8 Å². The standard InChI is InChI=1S/C19H19NO4/c1-9-14-8-13(23-5)6-7-15(14)24-19(9)18(22)17-10(2)16(12(4)21)11(3)20-17/h6-8,20H,1-5H3. The summed E-state index contributed by atoms with van der Waals surface area (Å²) in [6, 6.07) is 5.42. The SMILES string of the molecule is COc1ccc2oc(C(=O)c3[nH]c(C)c(C(C)=O)c3C)c(C)c2c1. The van der Waals surface area contributed by atoms with Gasteiger partial charge < -0.3 is 14.1 Å². The van der Waals surface area contributed by atoms with Gasteiger partial charge >= 0.3 is 0 Å². The normalized spacial score (nSPS) is 11.0. The van der Waals surface area contributed by atoms with Crippen molar-refractivity contribution in [2.24, 2.45) is 0 Å². The molecular formula is C19H19NO4. The van der Waals surface area contributed by atoms with E-state index in [0.717, 1.165) is 10.9 Å². The van der Waals surface area contributed by atoms with E-state index in [4.69, 9.17) is 9.15 Å². The fraction of sp³-hybridized carbons (Fsp3) is 0.263. The Morgan fingerprint density at radius 2 is 1.83 bits per heavy atom. The quantitative estimate of drug-likeness (QED) is 0.732. The number of nitrogens with one attached hydrogen (secondary N) is 1. The van der Waals surface area contributed by atoms with Crippen LogP contribution in [0.3, 0.4) is 0 Å². The molecule has 5 heteroatoms. The number of benzene rings is 1. The van der Waals surface area contributed by atoms with Crippen LogP contribution >= 0.6 is 0 Å². The predicted octanol–water partition coefficient (Wildman–Crippen LogP) is 4.13. The van der Waals surface area contributed by atoms with Crippen molar-refractivity contribution in [1.29, 1.82) is 0 Å². The molecule has 124 valence electrons. The number of Topliss-reactive ketones (excluding diaryl/α,β-unsaturated/α-hetero) is 1. The topological polar surface area (TPSA) is 72.3 Å². The lowest BCUT2D eigenvalue weighted by Gasteiger charge is -1.99. The summed E-state index contributed by atoms with van der Waals surface area (Å²) in [6.45, 7) is 6.90. The minimum absolute atomic E-state index is 0.0636. The zero-order chi connectivity index (χ0) is 17.6. The molecule has 0 amide bonds. The van der Waals surface area contributed by atoms with Crippen molar-refractivity contribution < 1.29 is 18.7 Å². The number of fused-ring (bicyclic) bond motifs is 1. The maximum Gasteiger partial charge on any atom is 0.244 e. The number of carbonyl (C=O) groups is 2. The number of ether oxygens (including phenoxy) is 1. The van der Waals surface area contributed by atoms with Crippen LogP contribution in [0.5, 0.6) is 5.75 Å². The second-order valence-corrected chi connectivity index (χ2v) is 5.93. The van der Waals surface area contributed by atoms with Gasteiger partial charge in [0.2, 0.25) is 5.78 Å². The smallest absolute Gasteiger partial charge is 0.244 e. The van der Waals surface area contributed by atoms with Crippen LogP contribution in [0.25, 0.3) is 11.0 Å². The summed E-state index contributed by atoms with van der Waals surface area (Å²) in [5.74, 6) is 0.663. The minimum atomic E-state index is -0.254.